The van der Waals surface area contributed by atoms with Crippen LogP contribution in [0.5, 0.6) is 0 Å². The molecule has 0 aliphatic rings. The highest BCUT2D eigenvalue weighted by molar-refractivity contribution is 5.75. The summed E-state index contributed by atoms with van der Waals surface area (Å²) in [6.07, 6.45) is 1.86. The minimum atomic E-state index is 0.0657. The van der Waals surface area contributed by atoms with Gasteiger partial charge in [0.1, 0.15) is 0 Å². The van der Waals surface area contributed by atoms with Crippen molar-refractivity contribution in [1.82, 2.24) is 20.8 Å². The normalized spacial score (nSPS) is 12.4. The number of aryl methyl sites for hydroxylation is 2. The summed E-state index contributed by atoms with van der Waals surface area (Å²) >= 11 is 0. The number of hydrogen-bond acceptors (Lipinski definition) is 5. The summed E-state index contributed by atoms with van der Waals surface area (Å²) in [5.74, 6) is 1.30. The van der Waals surface area contributed by atoms with Crippen LogP contribution in [0.1, 0.15) is 38.4 Å². The fourth-order valence-electron chi connectivity index (χ4n) is 1.62. The first-order chi connectivity index (χ1) is 8.61. The molecule has 102 valence electrons. The Kier molecular flexibility index (Phi) is 6.35. The van der Waals surface area contributed by atoms with Crippen LogP contribution in [-0.2, 0) is 11.2 Å². The van der Waals surface area contributed by atoms with Gasteiger partial charge >= 0.3 is 0 Å². The molecule has 0 saturated carbocycles. The minimum Gasteiger partial charge on any atom is -0.355 e. The SMILES string of the molecule is CCN[C@H](C)CNC(=O)CCCc1nc(C)no1. The van der Waals surface area contributed by atoms with Gasteiger partial charge in [-0.3, -0.25) is 4.79 Å². The lowest BCUT2D eigenvalue weighted by Gasteiger charge is -2.12. The number of hydrogen-bond donors (Lipinski definition) is 2. The highest BCUT2D eigenvalue weighted by Crippen LogP contribution is 2.02. The Balaban J connectivity index is 2.10. The summed E-state index contributed by atoms with van der Waals surface area (Å²) in [7, 11) is 0. The first-order valence-corrected chi connectivity index (χ1v) is 6.41. The Morgan fingerprint density at radius 2 is 2.28 bits per heavy atom. The Labute approximate surface area is 108 Å². The highest BCUT2D eigenvalue weighted by Gasteiger charge is 2.06. The standard InChI is InChI=1S/C12H22N4O2/c1-4-13-9(2)8-14-11(17)6-5-7-12-15-10(3)16-18-12/h9,13H,4-8H2,1-3H3,(H,14,17)/t9-/m1/s1. The maximum absolute atomic E-state index is 11.5. The molecule has 0 unspecified atom stereocenters. The molecule has 1 atom stereocenters. The van der Waals surface area contributed by atoms with E-state index in [0.29, 0.717) is 37.1 Å². The Hall–Kier alpha value is -1.43. The van der Waals surface area contributed by atoms with Gasteiger partial charge in [0.05, 0.1) is 0 Å². The van der Waals surface area contributed by atoms with Gasteiger partial charge in [0.25, 0.3) is 0 Å². The van der Waals surface area contributed by atoms with Crippen LogP contribution >= 0.6 is 0 Å². The van der Waals surface area contributed by atoms with E-state index in [9.17, 15) is 4.79 Å². The largest absolute Gasteiger partial charge is 0.355 e. The lowest BCUT2D eigenvalue weighted by Crippen LogP contribution is -2.38. The van der Waals surface area contributed by atoms with Crippen molar-refractivity contribution in [2.45, 2.75) is 46.1 Å². The number of aromatic nitrogens is 2. The van der Waals surface area contributed by atoms with Crippen LogP contribution in [0.4, 0.5) is 0 Å². The molecule has 1 aromatic heterocycles. The topological polar surface area (TPSA) is 80.0 Å². The molecule has 1 aromatic rings. The molecule has 0 aromatic carbocycles. The molecule has 0 saturated heterocycles. The third kappa shape index (κ3) is 5.77. The van der Waals surface area contributed by atoms with Crippen LogP contribution < -0.4 is 10.6 Å². The predicted molar refractivity (Wildman–Crippen MR) is 68.1 cm³/mol. The first-order valence-electron chi connectivity index (χ1n) is 6.41. The molecule has 0 aliphatic heterocycles. The van der Waals surface area contributed by atoms with Crippen molar-refractivity contribution in [3.05, 3.63) is 11.7 Å². The van der Waals surface area contributed by atoms with Crippen molar-refractivity contribution in [3.63, 3.8) is 0 Å². The molecule has 2 N–H and O–H groups in total. The van der Waals surface area contributed by atoms with Gasteiger partial charge in [-0.05, 0) is 26.8 Å². The third-order valence-corrected chi connectivity index (χ3v) is 2.52. The summed E-state index contributed by atoms with van der Waals surface area (Å²) in [5, 5.41) is 9.83. The number of amides is 1. The zero-order valence-corrected chi connectivity index (χ0v) is 11.3. The van der Waals surface area contributed by atoms with Crippen LogP contribution in [0.15, 0.2) is 4.52 Å². The Morgan fingerprint density at radius 1 is 1.50 bits per heavy atom. The molecule has 1 amide bonds. The van der Waals surface area contributed by atoms with Gasteiger partial charge in [-0.25, -0.2) is 0 Å². The zero-order valence-electron chi connectivity index (χ0n) is 11.3. The fraction of sp³-hybridized carbons (Fsp3) is 0.750. The third-order valence-electron chi connectivity index (χ3n) is 2.52. The van der Waals surface area contributed by atoms with E-state index in [1.165, 1.54) is 0 Å². The van der Waals surface area contributed by atoms with E-state index in [4.69, 9.17) is 4.52 Å². The van der Waals surface area contributed by atoms with E-state index in [-0.39, 0.29) is 5.91 Å². The van der Waals surface area contributed by atoms with Gasteiger partial charge in [-0.2, -0.15) is 4.98 Å². The van der Waals surface area contributed by atoms with Gasteiger partial charge in [-0.1, -0.05) is 12.1 Å². The molecule has 18 heavy (non-hydrogen) atoms. The fourth-order valence-corrected chi connectivity index (χ4v) is 1.62. The van der Waals surface area contributed by atoms with E-state index in [1.54, 1.807) is 6.92 Å². The molecular formula is C12H22N4O2. The summed E-state index contributed by atoms with van der Waals surface area (Å²) in [5.41, 5.74) is 0. The molecule has 6 heteroatoms. The van der Waals surface area contributed by atoms with Gasteiger partial charge in [0, 0.05) is 25.4 Å². The molecule has 1 rings (SSSR count). The molecule has 0 bridgehead atoms. The van der Waals surface area contributed by atoms with Gasteiger partial charge in [-0.15, -0.1) is 0 Å². The van der Waals surface area contributed by atoms with E-state index in [2.05, 4.69) is 20.8 Å². The number of nitrogens with one attached hydrogen (secondary N) is 2. The van der Waals surface area contributed by atoms with Gasteiger partial charge in [0.2, 0.25) is 11.8 Å². The van der Waals surface area contributed by atoms with Gasteiger partial charge < -0.3 is 15.2 Å². The van der Waals surface area contributed by atoms with E-state index in [1.807, 2.05) is 13.8 Å². The predicted octanol–water partition coefficient (Wildman–Crippen LogP) is 0.815. The average molecular weight is 254 g/mol. The van der Waals surface area contributed by atoms with Crippen molar-refractivity contribution >= 4 is 5.91 Å². The van der Waals surface area contributed by atoms with E-state index < -0.39 is 0 Å². The maximum Gasteiger partial charge on any atom is 0.226 e. The van der Waals surface area contributed by atoms with Crippen LogP contribution in [0, 0.1) is 6.92 Å². The molecule has 1 heterocycles. The molecule has 0 spiro atoms. The lowest BCUT2D eigenvalue weighted by atomic mass is 10.2. The second-order valence-electron chi connectivity index (χ2n) is 4.35. The Morgan fingerprint density at radius 3 is 2.89 bits per heavy atom. The Bertz CT molecular complexity index is 365. The van der Waals surface area contributed by atoms with Crippen molar-refractivity contribution in [3.8, 4) is 0 Å². The summed E-state index contributed by atoms with van der Waals surface area (Å²) in [6.45, 7) is 7.44. The number of carbonyl (C=O) groups is 1. The second kappa shape index (κ2) is 7.81. The monoisotopic (exact) mass is 254 g/mol. The molecule has 0 fully saturated rings. The highest BCUT2D eigenvalue weighted by atomic mass is 16.5. The van der Waals surface area contributed by atoms with E-state index in [0.717, 1.165) is 13.0 Å². The van der Waals surface area contributed by atoms with Crippen LogP contribution in [0.2, 0.25) is 0 Å². The van der Waals surface area contributed by atoms with Crippen LogP contribution in [-0.4, -0.2) is 35.2 Å². The minimum absolute atomic E-state index is 0.0657. The van der Waals surface area contributed by atoms with Crippen LogP contribution in [0.25, 0.3) is 0 Å². The van der Waals surface area contributed by atoms with E-state index >= 15 is 0 Å². The molecule has 0 aliphatic carbocycles. The molecule has 0 radical (unpaired) electrons. The summed E-state index contributed by atoms with van der Waals surface area (Å²) in [4.78, 5) is 15.6. The van der Waals surface area contributed by atoms with Crippen LogP contribution in [0.3, 0.4) is 0 Å². The van der Waals surface area contributed by atoms with Crippen molar-refractivity contribution in [1.29, 1.82) is 0 Å². The number of rotatable bonds is 8. The average Bonchev–Trinajstić information content (AvgIpc) is 2.73. The number of carbonyl (C=O) groups excluding carboxylic acids is 1. The summed E-state index contributed by atoms with van der Waals surface area (Å²) in [6, 6.07) is 0.303. The smallest absolute Gasteiger partial charge is 0.226 e. The van der Waals surface area contributed by atoms with Crippen molar-refractivity contribution in [2.24, 2.45) is 0 Å². The van der Waals surface area contributed by atoms with Crippen molar-refractivity contribution < 1.29 is 9.32 Å². The second-order valence-corrected chi connectivity index (χ2v) is 4.35. The quantitative estimate of drug-likeness (QED) is 0.717. The molecular weight excluding hydrogens is 232 g/mol. The number of nitrogens with zero attached hydrogens (tertiary/aromatic N) is 2. The van der Waals surface area contributed by atoms with Crippen molar-refractivity contribution in [2.75, 3.05) is 13.1 Å². The maximum atomic E-state index is 11.5. The lowest BCUT2D eigenvalue weighted by molar-refractivity contribution is -0.121. The summed E-state index contributed by atoms with van der Waals surface area (Å²) < 4.78 is 4.97. The molecule has 6 nitrogen and oxygen atoms in total. The zero-order chi connectivity index (χ0) is 13.4. The first kappa shape index (κ1) is 14.6. The number of likely N-dealkylation sites (N-methyl/N-ethyl adjacent to an activating group) is 1. The van der Waals surface area contributed by atoms with Gasteiger partial charge in [0.15, 0.2) is 5.82 Å².